The van der Waals surface area contributed by atoms with Crippen LogP contribution in [-0.4, -0.2) is 26.3 Å². The minimum atomic E-state index is -2.51. The molecule has 0 saturated carbocycles. The van der Waals surface area contributed by atoms with Gasteiger partial charge in [0.1, 0.15) is 5.02 Å². The number of H-pyrrole nitrogens is 1. The molecule has 0 aliphatic carbocycles. The molecule has 0 fully saturated rings. The third kappa shape index (κ3) is 3.32. The Morgan fingerprint density at radius 2 is 2.11 bits per heavy atom. The molecule has 140 valence electrons. The summed E-state index contributed by atoms with van der Waals surface area (Å²) in [4.78, 5) is 18.0. The number of nitrogens with one attached hydrogen (secondary N) is 1. The van der Waals surface area contributed by atoms with Crippen molar-refractivity contribution in [3.05, 3.63) is 74.7 Å². The van der Waals surface area contributed by atoms with Crippen LogP contribution in [0.2, 0.25) is 5.02 Å². The van der Waals surface area contributed by atoms with Crippen molar-refractivity contribution in [2.75, 3.05) is 11.4 Å². The Kier molecular flexibility index (Phi) is 4.65. The molecule has 1 aliphatic heterocycles. The quantitative estimate of drug-likeness (QED) is 0.741. The van der Waals surface area contributed by atoms with E-state index in [4.69, 9.17) is 11.6 Å². The second-order valence-electron chi connectivity index (χ2n) is 6.34. The van der Waals surface area contributed by atoms with Gasteiger partial charge in [0.15, 0.2) is 0 Å². The van der Waals surface area contributed by atoms with Crippen LogP contribution < -0.4 is 10.5 Å². The highest BCUT2D eigenvalue weighted by molar-refractivity contribution is 6.32. The van der Waals surface area contributed by atoms with E-state index in [1.165, 1.54) is 12.3 Å². The largest absolute Gasteiger partial charge is 0.362 e. The van der Waals surface area contributed by atoms with E-state index in [9.17, 15) is 13.6 Å². The number of aromatic nitrogens is 4. The van der Waals surface area contributed by atoms with Crippen molar-refractivity contribution >= 4 is 17.3 Å². The van der Waals surface area contributed by atoms with Crippen LogP contribution in [0.3, 0.4) is 0 Å². The third-order valence-corrected chi connectivity index (χ3v) is 5.11. The fourth-order valence-electron chi connectivity index (χ4n) is 3.38. The van der Waals surface area contributed by atoms with Gasteiger partial charge in [-0.2, -0.15) is 5.10 Å². The lowest BCUT2D eigenvalue weighted by molar-refractivity contribution is 0.150. The smallest absolute Gasteiger partial charge is 0.285 e. The van der Waals surface area contributed by atoms with Gasteiger partial charge in [-0.1, -0.05) is 35.9 Å². The summed E-state index contributed by atoms with van der Waals surface area (Å²) in [7, 11) is 0. The first kappa shape index (κ1) is 17.7. The molecule has 0 bridgehead atoms. The van der Waals surface area contributed by atoms with Crippen LogP contribution in [0.5, 0.6) is 0 Å². The first-order valence-electron chi connectivity index (χ1n) is 8.41. The van der Waals surface area contributed by atoms with Crippen molar-refractivity contribution < 1.29 is 8.78 Å². The molecule has 3 aromatic rings. The number of imidazole rings is 1. The van der Waals surface area contributed by atoms with Crippen LogP contribution in [0.25, 0.3) is 0 Å². The normalized spacial score (nSPS) is 13.9. The highest BCUT2D eigenvalue weighted by Gasteiger charge is 2.24. The minimum Gasteiger partial charge on any atom is -0.362 e. The Morgan fingerprint density at radius 1 is 1.30 bits per heavy atom. The lowest BCUT2D eigenvalue weighted by atomic mass is 10.1. The van der Waals surface area contributed by atoms with Crippen molar-refractivity contribution in [1.82, 2.24) is 19.7 Å². The summed E-state index contributed by atoms with van der Waals surface area (Å²) < 4.78 is 28.4. The number of alkyl halides is 2. The number of rotatable bonds is 4. The van der Waals surface area contributed by atoms with E-state index >= 15 is 0 Å². The van der Waals surface area contributed by atoms with E-state index in [1.54, 1.807) is 24.5 Å². The summed E-state index contributed by atoms with van der Waals surface area (Å²) in [6, 6.07) is 6.54. The summed E-state index contributed by atoms with van der Waals surface area (Å²) in [6.45, 7) is 1.44. The van der Waals surface area contributed by atoms with Gasteiger partial charge in [0.25, 0.3) is 12.0 Å². The number of benzene rings is 1. The molecule has 0 spiro atoms. The van der Waals surface area contributed by atoms with Crippen molar-refractivity contribution in [1.29, 1.82) is 0 Å². The number of nitrogens with zero attached hydrogens (tertiary/aromatic N) is 4. The topological polar surface area (TPSA) is 66.8 Å². The van der Waals surface area contributed by atoms with E-state index in [0.29, 0.717) is 37.3 Å². The molecule has 0 radical (unpaired) electrons. The molecule has 9 heteroatoms. The standard InChI is InChI=1S/C18H16ClF2N5O/c19-16-15(7-23-24-18(16)27)25-6-5-14-13(9-25)22-10-26(14)8-11-3-1-2-4-12(11)17(20)21/h1-4,7,10,17H,5-6,8-9H2,(H,24,27). The SMILES string of the molecule is O=c1[nH]ncc(N2CCc3c(ncn3Cc3ccccc3C(F)F)C2)c1Cl. The maximum Gasteiger partial charge on any atom is 0.285 e. The minimum absolute atomic E-state index is 0.0405. The first-order valence-corrected chi connectivity index (χ1v) is 8.79. The predicted octanol–water partition coefficient (Wildman–Crippen LogP) is 3.17. The number of hydrogen-bond acceptors (Lipinski definition) is 4. The van der Waals surface area contributed by atoms with Crippen LogP contribution in [-0.2, 0) is 19.5 Å². The molecule has 0 unspecified atom stereocenters. The van der Waals surface area contributed by atoms with Gasteiger partial charge in [0.2, 0.25) is 0 Å². The molecule has 4 rings (SSSR count). The second-order valence-corrected chi connectivity index (χ2v) is 6.71. The summed E-state index contributed by atoms with van der Waals surface area (Å²) in [6.07, 6.45) is 1.34. The molecule has 1 aromatic carbocycles. The number of anilines is 1. The fraction of sp³-hybridized carbons (Fsp3) is 0.278. The lowest BCUT2D eigenvalue weighted by Gasteiger charge is -2.29. The number of halogens is 3. The van der Waals surface area contributed by atoms with Crippen molar-refractivity contribution in [2.45, 2.75) is 25.9 Å². The third-order valence-electron chi connectivity index (χ3n) is 4.74. The molecule has 0 saturated heterocycles. The number of fused-ring (bicyclic) bond motifs is 1. The lowest BCUT2D eigenvalue weighted by Crippen LogP contribution is -2.32. The van der Waals surface area contributed by atoms with E-state index in [-0.39, 0.29) is 10.6 Å². The number of aromatic amines is 1. The Balaban J connectivity index is 1.59. The van der Waals surface area contributed by atoms with Gasteiger partial charge in [-0.25, -0.2) is 18.9 Å². The number of hydrogen-bond donors (Lipinski definition) is 1. The molecule has 0 atom stereocenters. The van der Waals surface area contributed by atoms with Crippen molar-refractivity contribution in [2.24, 2.45) is 0 Å². The van der Waals surface area contributed by atoms with Gasteiger partial charge in [-0.15, -0.1) is 0 Å². The van der Waals surface area contributed by atoms with Crippen LogP contribution >= 0.6 is 11.6 Å². The Morgan fingerprint density at radius 3 is 2.93 bits per heavy atom. The van der Waals surface area contributed by atoms with Crippen LogP contribution in [0.4, 0.5) is 14.5 Å². The predicted molar refractivity (Wildman–Crippen MR) is 97.3 cm³/mol. The van der Waals surface area contributed by atoms with Gasteiger partial charge in [-0.05, 0) is 5.56 Å². The Hall–Kier alpha value is -2.74. The van der Waals surface area contributed by atoms with Gasteiger partial charge in [0.05, 0.1) is 30.5 Å². The molecule has 6 nitrogen and oxygen atoms in total. The first-order chi connectivity index (χ1) is 13.0. The highest BCUT2D eigenvalue weighted by atomic mass is 35.5. The molecule has 0 amide bonds. The molecular weight excluding hydrogens is 376 g/mol. The maximum absolute atomic E-state index is 13.2. The van der Waals surface area contributed by atoms with Gasteiger partial charge < -0.3 is 9.47 Å². The van der Waals surface area contributed by atoms with Crippen LogP contribution in [0, 0.1) is 0 Å². The average molecular weight is 392 g/mol. The highest BCUT2D eigenvalue weighted by Crippen LogP contribution is 2.28. The molecular formula is C18H16ClF2N5O. The molecule has 1 N–H and O–H groups in total. The average Bonchev–Trinajstić information content (AvgIpc) is 3.06. The van der Waals surface area contributed by atoms with Gasteiger partial charge in [0, 0.05) is 30.8 Å². The van der Waals surface area contributed by atoms with Crippen LogP contribution in [0.15, 0.2) is 41.6 Å². The summed E-state index contributed by atoms with van der Waals surface area (Å²) in [5.74, 6) is 0. The van der Waals surface area contributed by atoms with E-state index in [0.717, 1.165) is 11.4 Å². The molecule has 1 aliphatic rings. The van der Waals surface area contributed by atoms with Gasteiger partial charge in [-0.3, -0.25) is 4.79 Å². The summed E-state index contributed by atoms with van der Waals surface area (Å²) in [5.41, 5.74) is 2.59. The van der Waals surface area contributed by atoms with Crippen molar-refractivity contribution in [3.8, 4) is 0 Å². The van der Waals surface area contributed by atoms with E-state index < -0.39 is 12.0 Å². The maximum atomic E-state index is 13.2. The summed E-state index contributed by atoms with van der Waals surface area (Å²) >= 11 is 6.09. The summed E-state index contributed by atoms with van der Waals surface area (Å²) in [5, 5.41) is 6.20. The van der Waals surface area contributed by atoms with Crippen LogP contribution in [0.1, 0.15) is 28.9 Å². The van der Waals surface area contributed by atoms with Crippen molar-refractivity contribution in [3.63, 3.8) is 0 Å². The van der Waals surface area contributed by atoms with E-state index in [1.807, 2.05) is 9.47 Å². The zero-order chi connectivity index (χ0) is 19.0. The molecule has 2 aromatic heterocycles. The zero-order valence-electron chi connectivity index (χ0n) is 14.2. The molecule has 3 heterocycles. The fourth-order valence-corrected chi connectivity index (χ4v) is 3.59. The Bertz CT molecular complexity index is 1030. The van der Waals surface area contributed by atoms with Gasteiger partial charge >= 0.3 is 0 Å². The zero-order valence-corrected chi connectivity index (χ0v) is 15.0. The second kappa shape index (κ2) is 7.11. The molecule has 27 heavy (non-hydrogen) atoms. The monoisotopic (exact) mass is 391 g/mol. The Labute approximate surface area is 158 Å². The van der Waals surface area contributed by atoms with E-state index in [2.05, 4.69) is 15.2 Å².